The van der Waals surface area contributed by atoms with Crippen LogP contribution in [0.5, 0.6) is 0 Å². The number of morpholine rings is 1. The van der Waals surface area contributed by atoms with Gasteiger partial charge in [-0.1, -0.05) is 13.3 Å². The average molecular weight is 289 g/mol. The number of pyridine rings is 1. The summed E-state index contributed by atoms with van der Waals surface area (Å²) >= 11 is 0. The van der Waals surface area contributed by atoms with Crippen molar-refractivity contribution in [2.24, 2.45) is 0 Å². The van der Waals surface area contributed by atoms with E-state index in [1.54, 1.807) is 0 Å². The Balaban J connectivity index is 1.78. The van der Waals surface area contributed by atoms with E-state index < -0.39 is 0 Å². The second-order valence-electron chi connectivity index (χ2n) is 6.35. The predicted molar refractivity (Wildman–Crippen MR) is 85.7 cm³/mol. The fourth-order valence-electron chi connectivity index (χ4n) is 2.88. The van der Waals surface area contributed by atoms with Crippen LogP contribution in [0.3, 0.4) is 0 Å². The molecule has 0 aromatic carbocycles. The lowest BCUT2D eigenvalue weighted by Crippen LogP contribution is -2.44. The van der Waals surface area contributed by atoms with Gasteiger partial charge in [0.05, 0.1) is 19.3 Å². The molecule has 1 atom stereocenters. The minimum atomic E-state index is 0.410. The molecule has 0 bridgehead atoms. The molecule has 0 spiro atoms. The number of nitrogens with zero attached hydrogens (tertiary/aromatic N) is 2. The van der Waals surface area contributed by atoms with Crippen LogP contribution in [-0.4, -0.2) is 36.8 Å². The van der Waals surface area contributed by atoms with Gasteiger partial charge < -0.3 is 15.0 Å². The zero-order valence-electron chi connectivity index (χ0n) is 13.3. The lowest BCUT2D eigenvalue weighted by molar-refractivity contribution is 0.0985. The van der Waals surface area contributed by atoms with Crippen molar-refractivity contribution in [3.05, 3.63) is 23.4 Å². The highest BCUT2D eigenvalue weighted by atomic mass is 16.5. The maximum atomic E-state index is 5.55. The molecule has 116 valence electrons. The van der Waals surface area contributed by atoms with E-state index in [-0.39, 0.29) is 0 Å². The SMILES string of the molecule is CCCc1cc(CNC2CC2)cc(N2CCOCC2C)n1. The second-order valence-corrected chi connectivity index (χ2v) is 6.35. The van der Waals surface area contributed by atoms with Crippen molar-refractivity contribution < 1.29 is 4.74 Å². The highest BCUT2D eigenvalue weighted by Gasteiger charge is 2.22. The van der Waals surface area contributed by atoms with Crippen molar-refractivity contribution in [1.29, 1.82) is 0 Å². The number of hydrogen-bond acceptors (Lipinski definition) is 4. The zero-order valence-corrected chi connectivity index (χ0v) is 13.3. The zero-order chi connectivity index (χ0) is 14.7. The van der Waals surface area contributed by atoms with Gasteiger partial charge in [0.25, 0.3) is 0 Å². The number of rotatable bonds is 6. The molecule has 2 heterocycles. The lowest BCUT2D eigenvalue weighted by atomic mass is 10.1. The van der Waals surface area contributed by atoms with Crippen LogP contribution in [0, 0.1) is 0 Å². The molecule has 4 nitrogen and oxygen atoms in total. The number of aromatic nitrogens is 1. The molecule has 1 aromatic heterocycles. The van der Waals surface area contributed by atoms with Crippen LogP contribution in [0.2, 0.25) is 0 Å². The Hall–Kier alpha value is -1.13. The maximum absolute atomic E-state index is 5.55. The molecule has 1 saturated heterocycles. The minimum Gasteiger partial charge on any atom is -0.377 e. The van der Waals surface area contributed by atoms with E-state index in [1.165, 1.54) is 24.1 Å². The summed E-state index contributed by atoms with van der Waals surface area (Å²) in [6, 6.07) is 5.69. The van der Waals surface area contributed by atoms with Crippen LogP contribution < -0.4 is 10.2 Å². The molecule has 4 heteroatoms. The Morgan fingerprint density at radius 2 is 2.24 bits per heavy atom. The summed E-state index contributed by atoms with van der Waals surface area (Å²) in [6.07, 6.45) is 4.87. The first-order chi connectivity index (χ1) is 10.3. The van der Waals surface area contributed by atoms with Crippen molar-refractivity contribution in [2.75, 3.05) is 24.7 Å². The highest BCUT2D eigenvalue weighted by Crippen LogP contribution is 2.23. The molecule has 1 aromatic rings. The molecule has 21 heavy (non-hydrogen) atoms. The van der Waals surface area contributed by atoms with Crippen molar-refractivity contribution in [1.82, 2.24) is 10.3 Å². The Morgan fingerprint density at radius 3 is 2.95 bits per heavy atom. The van der Waals surface area contributed by atoms with E-state index in [4.69, 9.17) is 9.72 Å². The first kappa shape index (κ1) is 14.8. The number of aryl methyl sites for hydroxylation is 1. The fourth-order valence-corrected chi connectivity index (χ4v) is 2.88. The molecule has 1 N–H and O–H groups in total. The van der Waals surface area contributed by atoms with Gasteiger partial charge in [-0.2, -0.15) is 0 Å². The van der Waals surface area contributed by atoms with Crippen LogP contribution in [0.1, 0.15) is 44.4 Å². The third-order valence-corrected chi connectivity index (χ3v) is 4.26. The van der Waals surface area contributed by atoms with Gasteiger partial charge in [-0.15, -0.1) is 0 Å². The van der Waals surface area contributed by atoms with Crippen molar-refractivity contribution in [3.8, 4) is 0 Å². The molecule has 2 fully saturated rings. The summed E-state index contributed by atoms with van der Waals surface area (Å²) in [7, 11) is 0. The molecule has 1 aliphatic heterocycles. The minimum absolute atomic E-state index is 0.410. The largest absolute Gasteiger partial charge is 0.377 e. The van der Waals surface area contributed by atoms with Gasteiger partial charge >= 0.3 is 0 Å². The van der Waals surface area contributed by atoms with Gasteiger partial charge in [0.2, 0.25) is 0 Å². The first-order valence-electron chi connectivity index (χ1n) is 8.34. The maximum Gasteiger partial charge on any atom is 0.129 e. The quantitative estimate of drug-likeness (QED) is 0.873. The molecule has 2 aliphatic rings. The van der Waals surface area contributed by atoms with E-state index >= 15 is 0 Å². The monoisotopic (exact) mass is 289 g/mol. The number of hydrogen-bond donors (Lipinski definition) is 1. The van der Waals surface area contributed by atoms with Gasteiger partial charge in [0.15, 0.2) is 0 Å². The molecule has 3 rings (SSSR count). The average Bonchev–Trinajstić information content (AvgIpc) is 3.30. The van der Waals surface area contributed by atoms with Crippen molar-refractivity contribution in [2.45, 2.75) is 58.2 Å². The number of nitrogens with one attached hydrogen (secondary N) is 1. The van der Waals surface area contributed by atoms with Crippen LogP contribution >= 0.6 is 0 Å². The Morgan fingerprint density at radius 1 is 1.38 bits per heavy atom. The normalized spacial score (nSPS) is 22.6. The predicted octanol–water partition coefficient (Wildman–Crippen LogP) is 2.51. The van der Waals surface area contributed by atoms with Crippen molar-refractivity contribution in [3.63, 3.8) is 0 Å². The summed E-state index contributed by atoms with van der Waals surface area (Å²) < 4.78 is 5.55. The van der Waals surface area contributed by atoms with Gasteiger partial charge in [0, 0.05) is 24.8 Å². The standard InChI is InChI=1S/C17H27N3O/c1-3-4-16-9-14(11-18-15-5-6-15)10-17(19-16)20-7-8-21-12-13(20)2/h9-10,13,15,18H,3-8,11-12H2,1-2H3. The number of ether oxygens (including phenoxy) is 1. The van der Waals surface area contributed by atoms with E-state index in [0.29, 0.717) is 6.04 Å². The summed E-state index contributed by atoms with van der Waals surface area (Å²) in [4.78, 5) is 7.27. The Bertz CT molecular complexity index is 473. The van der Waals surface area contributed by atoms with Gasteiger partial charge in [0.1, 0.15) is 5.82 Å². The highest BCUT2D eigenvalue weighted by molar-refractivity contribution is 5.44. The van der Waals surface area contributed by atoms with E-state index in [9.17, 15) is 0 Å². The Kier molecular flexibility index (Phi) is 4.76. The van der Waals surface area contributed by atoms with Gasteiger partial charge in [-0.05, 0) is 43.9 Å². The number of anilines is 1. The third-order valence-electron chi connectivity index (χ3n) is 4.26. The molecular formula is C17H27N3O. The molecule has 0 amide bonds. The van der Waals surface area contributed by atoms with Crippen LogP contribution in [0.4, 0.5) is 5.82 Å². The van der Waals surface area contributed by atoms with E-state index in [2.05, 4.69) is 36.2 Å². The molecule has 1 aliphatic carbocycles. The smallest absolute Gasteiger partial charge is 0.129 e. The summed E-state index contributed by atoms with van der Waals surface area (Å²) in [5.41, 5.74) is 2.59. The third kappa shape index (κ3) is 3.95. The van der Waals surface area contributed by atoms with Gasteiger partial charge in [-0.3, -0.25) is 0 Å². The van der Waals surface area contributed by atoms with E-state index in [0.717, 1.165) is 51.0 Å². The van der Waals surface area contributed by atoms with Crippen LogP contribution in [-0.2, 0) is 17.7 Å². The lowest BCUT2D eigenvalue weighted by Gasteiger charge is -2.34. The second kappa shape index (κ2) is 6.75. The Labute approximate surface area is 127 Å². The molecular weight excluding hydrogens is 262 g/mol. The molecule has 1 unspecified atom stereocenters. The summed E-state index contributed by atoms with van der Waals surface area (Å²) in [5, 5.41) is 3.61. The van der Waals surface area contributed by atoms with Crippen molar-refractivity contribution >= 4 is 5.82 Å². The first-order valence-corrected chi connectivity index (χ1v) is 8.34. The van der Waals surface area contributed by atoms with Gasteiger partial charge in [-0.25, -0.2) is 4.98 Å². The molecule has 0 radical (unpaired) electrons. The summed E-state index contributed by atoms with van der Waals surface area (Å²) in [5.74, 6) is 1.13. The fraction of sp³-hybridized carbons (Fsp3) is 0.706. The van der Waals surface area contributed by atoms with E-state index in [1.807, 2.05) is 0 Å². The topological polar surface area (TPSA) is 37.4 Å². The van der Waals surface area contributed by atoms with Crippen LogP contribution in [0.15, 0.2) is 12.1 Å². The van der Waals surface area contributed by atoms with Crippen LogP contribution in [0.25, 0.3) is 0 Å². The summed E-state index contributed by atoms with van der Waals surface area (Å²) in [6.45, 7) is 7.95. The molecule has 1 saturated carbocycles.